The number of hydrogen-bond acceptors (Lipinski definition) is 2. The van der Waals surface area contributed by atoms with E-state index in [2.05, 4.69) is 11.4 Å². The number of halogens is 2. The third-order valence-electron chi connectivity index (χ3n) is 4.77. The summed E-state index contributed by atoms with van der Waals surface area (Å²) in [6.07, 6.45) is 0.749. The molecule has 0 atom stereocenters. The van der Waals surface area contributed by atoms with E-state index in [-0.39, 0.29) is 5.91 Å². The van der Waals surface area contributed by atoms with E-state index in [4.69, 9.17) is 0 Å². The number of carbonyl (C=O) groups excluding carboxylic acids is 1. The summed E-state index contributed by atoms with van der Waals surface area (Å²) in [4.78, 5) is 12.5. The summed E-state index contributed by atoms with van der Waals surface area (Å²) in [5.41, 5.74) is 3.27. The van der Waals surface area contributed by atoms with Gasteiger partial charge in [0.1, 0.15) is 17.3 Å². The zero-order chi connectivity index (χ0) is 18.4. The summed E-state index contributed by atoms with van der Waals surface area (Å²) >= 11 is 0. The maximum atomic E-state index is 13.8. The molecule has 0 fully saturated rings. The van der Waals surface area contributed by atoms with E-state index in [0.29, 0.717) is 35.5 Å². The third kappa shape index (κ3) is 2.44. The number of amides is 1. The van der Waals surface area contributed by atoms with Gasteiger partial charge in [0, 0.05) is 30.1 Å². The van der Waals surface area contributed by atoms with Gasteiger partial charge in [0.05, 0.1) is 17.1 Å². The molecule has 3 aromatic rings. The van der Waals surface area contributed by atoms with Crippen molar-refractivity contribution in [3.63, 3.8) is 0 Å². The van der Waals surface area contributed by atoms with Gasteiger partial charge in [-0.1, -0.05) is 0 Å². The van der Waals surface area contributed by atoms with Gasteiger partial charge in [-0.05, 0) is 48.7 Å². The molecule has 26 heavy (non-hydrogen) atoms. The van der Waals surface area contributed by atoms with Crippen LogP contribution in [0.15, 0.2) is 30.3 Å². The van der Waals surface area contributed by atoms with Crippen molar-refractivity contribution in [2.45, 2.75) is 19.9 Å². The van der Waals surface area contributed by atoms with Gasteiger partial charge in [-0.25, -0.2) is 8.78 Å². The molecule has 2 aromatic carbocycles. The topological polar surface area (TPSA) is 57.8 Å². The van der Waals surface area contributed by atoms with Crippen molar-refractivity contribution in [1.82, 2.24) is 9.88 Å². The first-order chi connectivity index (χ1) is 12.5. The largest absolute Gasteiger partial charge is 0.351 e. The van der Waals surface area contributed by atoms with Crippen LogP contribution >= 0.6 is 0 Å². The van der Waals surface area contributed by atoms with Crippen LogP contribution in [0.1, 0.15) is 28.0 Å². The van der Waals surface area contributed by atoms with Crippen molar-refractivity contribution in [3.05, 3.63) is 58.8 Å². The molecular weight excluding hydrogens is 336 g/mol. The summed E-state index contributed by atoms with van der Waals surface area (Å²) in [5.74, 6) is -1.55. The third-order valence-corrected chi connectivity index (χ3v) is 4.77. The molecule has 6 heteroatoms. The van der Waals surface area contributed by atoms with Crippen LogP contribution in [0.5, 0.6) is 0 Å². The predicted molar refractivity (Wildman–Crippen MR) is 93.7 cm³/mol. The number of nitrogens with zero attached hydrogens (tertiary/aromatic N) is 2. The highest BCUT2D eigenvalue weighted by atomic mass is 19.1. The molecule has 0 aliphatic carbocycles. The maximum Gasteiger partial charge on any atom is 0.268 e. The fourth-order valence-corrected chi connectivity index (χ4v) is 3.69. The Balaban J connectivity index is 2.14. The Bertz CT molecular complexity index is 1090. The average molecular weight is 351 g/mol. The molecule has 0 unspecified atom stereocenters. The van der Waals surface area contributed by atoms with Crippen molar-refractivity contribution < 1.29 is 13.6 Å². The molecule has 0 radical (unpaired) electrons. The van der Waals surface area contributed by atoms with E-state index < -0.39 is 11.6 Å². The first-order valence-electron chi connectivity index (χ1n) is 8.31. The number of nitrogens with one attached hydrogen (secondary N) is 1. The van der Waals surface area contributed by atoms with Crippen LogP contribution in [-0.2, 0) is 6.54 Å². The second-order valence-corrected chi connectivity index (χ2v) is 6.42. The van der Waals surface area contributed by atoms with E-state index in [1.165, 1.54) is 12.1 Å². The first-order valence-corrected chi connectivity index (χ1v) is 8.31. The van der Waals surface area contributed by atoms with E-state index in [0.717, 1.165) is 29.0 Å². The molecule has 1 N–H and O–H groups in total. The van der Waals surface area contributed by atoms with Crippen LogP contribution in [0.4, 0.5) is 8.78 Å². The van der Waals surface area contributed by atoms with Crippen molar-refractivity contribution in [2.75, 3.05) is 6.54 Å². The molecule has 0 bridgehead atoms. The lowest BCUT2D eigenvalue weighted by molar-refractivity contribution is 0.0951. The summed E-state index contributed by atoms with van der Waals surface area (Å²) in [6.45, 7) is 3.01. The molecular formula is C20H15F2N3O. The van der Waals surface area contributed by atoms with E-state index in [1.807, 2.05) is 11.5 Å². The van der Waals surface area contributed by atoms with Crippen molar-refractivity contribution in [3.8, 4) is 17.2 Å². The van der Waals surface area contributed by atoms with Crippen LogP contribution in [0.2, 0.25) is 0 Å². The predicted octanol–water partition coefficient (Wildman–Crippen LogP) is 3.90. The summed E-state index contributed by atoms with van der Waals surface area (Å²) in [7, 11) is 0. The Kier molecular flexibility index (Phi) is 3.73. The van der Waals surface area contributed by atoms with Gasteiger partial charge in [-0.15, -0.1) is 0 Å². The molecule has 0 saturated carbocycles. The Hall–Kier alpha value is -3.20. The number of rotatable bonds is 1. The Morgan fingerprint density at radius 2 is 1.88 bits per heavy atom. The van der Waals surface area contributed by atoms with Crippen LogP contribution in [-0.4, -0.2) is 17.0 Å². The van der Waals surface area contributed by atoms with Gasteiger partial charge in [-0.3, -0.25) is 4.79 Å². The van der Waals surface area contributed by atoms with Crippen molar-refractivity contribution in [1.29, 1.82) is 5.26 Å². The molecule has 1 aliphatic heterocycles. The molecule has 1 aliphatic rings. The lowest BCUT2D eigenvalue weighted by Gasteiger charge is -2.11. The number of benzene rings is 2. The molecule has 1 aromatic heterocycles. The SMILES string of the molecule is Cc1c2n(c3c(-c4cc(F)cc(F)c4)cc(C#N)cc13)CCCNC2=O. The lowest BCUT2D eigenvalue weighted by atomic mass is 9.98. The quantitative estimate of drug-likeness (QED) is 0.723. The minimum atomic E-state index is -0.687. The van der Waals surface area contributed by atoms with Gasteiger partial charge in [0.2, 0.25) is 0 Å². The van der Waals surface area contributed by atoms with E-state index in [1.54, 1.807) is 12.1 Å². The lowest BCUT2D eigenvalue weighted by Crippen LogP contribution is -2.23. The molecule has 0 spiro atoms. The molecule has 4 rings (SSSR count). The molecule has 0 saturated heterocycles. The van der Waals surface area contributed by atoms with E-state index in [9.17, 15) is 18.8 Å². The highest BCUT2D eigenvalue weighted by molar-refractivity contribution is 6.06. The number of fused-ring (bicyclic) bond motifs is 3. The highest BCUT2D eigenvalue weighted by Crippen LogP contribution is 2.36. The molecule has 2 heterocycles. The van der Waals surface area contributed by atoms with Crippen LogP contribution in [0.25, 0.3) is 22.0 Å². The second-order valence-electron chi connectivity index (χ2n) is 6.42. The summed E-state index contributed by atoms with van der Waals surface area (Å²) in [6, 6.07) is 8.72. The Morgan fingerprint density at radius 3 is 2.58 bits per heavy atom. The molecule has 4 nitrogen and oxygen atoms in total. The van der Waals surface area contributed by atoms with Crippen LogP contribution in [0.3, 0.4) is 0 Å². The number of nitriles is 1. The average Bonchev–Trinajstić information content (AvgIpc) is 2.75. The Labute approximate surface area is 148 Å². The molecule has 130 valence electrons. The zero-order valence-corrected chi connectivity index (χ0v) is 14.1. The second kappa shape index (κ2) is 5.95. The molecule has 1 amide bonds. The zero-order valence-electron chi connectivity index (χ0n) is 14.1. The fraction of sp³-hybridized carbons (Fsp3) is 0.200. The minimum absolute atomic E-state index is 0.175. The van der Waals surface area contributed by atoms with Gasteiger partial charge in [-0.2, -0.15) is 5.26 Å². The highest BCUT2D eigenvalue weighted by Gasteiger charge is 2.25. The van der Waals surface area contributed by atoms with Gasteiger partial charge < -0.3 is 9.88 Å². The summed E-state index contributed by atoms with van der Waals surface area (Å²) < 4.78 is 29.5. The van der Waals surface area contributed by atoms with Gasteiger partial charge in [0.15, 0.2) is 0 Å². The standard InChI is InChI=1S/C20H15F2N3O/c1-11-16-5-12(10-23)6-17(13-7-14(21)9-15(22)8-13)19(16)25-4-2-3-24-20(26)18(11)25/h5-9H,2-4H2,1H3,(H,24,26). The maximum absolute atomic E-state index is 13.8. The number of carbonyl (C=O) groups is 1. The van der Waals surface area contributed by atoms with Gasteiger partial charge >= 0.3 is 0 Å². The number of aryl methyl sites for hydroxylation is 2. The van der Waals surface area contributed by atoms with Gasteiger partial charge in [0.25, 0.3) is 5.91 Å². The first kappa shape index (κ1) is 16.3. The van der Waals surface area contributed by atoms with Crippen LogP contribution < -0.4 is 5.32 Å². The Morgan fingerprint density at radius 1 is 1.15 bits per heavy atom. The van der Waals surface area contributed by atoms with Crippen molar-refractivity contribution in [2.24, 2.45) is 0 Å². The fourth-order valence-electron chi connectivity index (χ4n) is 3.69. The summed E-state index contributed by atoms with van der Waals surface area (Å²) in [5, 5.41) is 13.0. The number of aromatic nitrogens is 1. The minimum Gasteiger partial charge on any atom is -0.351 e. The van der Waals surface area contributed by atoms with E-state index >= 15 is 0 Å². The number of hydrogen-bond donors (Lipinski definition) is 1. The smallest absolute Gasteiger partial charge is 0.268 e. The van der Waals surface area contributed by atoms with Crippen molar-refractivity contribution >= 4 is 16.8 Å². The normalized spacial score (nSPS) is 13.8. The monoisotopic (exact) mass is 351 g/mol. The van der Waals surface area contributed by atoms with Crippen LogP contribution in [0, 0.1) is 29.9 Å².